The smallest absolute Gasteiger partial charge is 0.223 e. The minimum atomic E-state index is -0.455. The van der Waals surface area contributed by atoms with Crippen LogP contribution in [0.1, 0.15) is 57.1 Å². The Morgan fingerprint density at radius 3 is 2.56 bits per heavy atom. The summed E-state index contributed by atoms with van der Waals surface area (Å²) in [4.78, 5) is 12.9. The molecule has 0 bridgehead atoms. The molecule has 3 nitrogen and oxygen atoms in total. The Balaban J connectivity index is 1.93. The highest BCUT2D eigenvalue weighted by Crippen LogP contribution is 2.50. The van der Waals surface area contributed by atoms with Crippen LogP contribution < -0.4 is 10.6 Å². The van der Waals surface area contributed by atoms with E-state index in [0.29, 0.717) is 10.6 Å². The van der Waals surface area contributed by atoms with Crippen molar-refractivity contribution in [3.8, 4) is 0 Å². The number of carbonyl (C=O) groups is 1. The van der Waals surface area contributed by atoms with Gasteiger partial charge in [-0.1, -0.05) is 43.0 Å². The van der Waals surface area contributed by atoms with E-state index in [1.54, 1.807) is 0 Å². The van der Waals surface area contributed by atoms with Gasteiger partial charge in [0.05, 0.1) is 16.1 Å². The fourth-order valence-corrected chi connectivity index (χ4v) is 4.64. The predicted octanol–water partition coefficient (Wildman–Crippen LogP) is 4.87. The van der Waals surface area contributed by atoms with Crippen LogP contribution in [0.25, 0.3) is 0 Å². The summed E-state index contributed by atoms with van der Waals surface area (Å²) >= 11 is 12.5. The fraction of sp³-hybridized carbons (Fsp3) is 0.632. The van der Waals surface area contributed by atoms with Gasteiger partial charge < -0.3 is 10.6 Å². The van der Waals surface area contributed by atoms with Gasteiger partial charge in [0.2, 0.25) is 5.91 Å². The summed E-state index contributed by atoms with van der Waals surface area (Å²) in [5.41, 5.74) is 0.124. The van der Waals surface area contributed by atoms with E-state index < -0.39 is 11.9 Å². The molecule has 1 saturated carbocycles. The zero-order chi connectivity index (χ0) is 18.0. The quantitative estimate of drug-likeness (QED) is 0.724. The lowest BCUT2D eigenvalue weighted by atomic mass is 9.76. The van der Waals surface area contributed by atoms with Crippen LogP contribution in [-0.4, -0.2) is 19.0 Å². The van der Waals surface area contributed by atoms with Crippen LogP contribution in [0.5, 0.6) is 0 Å². The van der Waals surface area contributed by atoms with Gasteiger partial charge in [0.25, 0.3) is 0 Å². The molecule has 0 spiro atoms. The minimum absolute atomic E-state index is 0.00457. The van der Waals surface area contributed by atoms with Gasteiger partial charge in [0, 0.05) is 11.5 Å². The van der Waals surface area contributed by atoms with E-state index in [-0.39, 0.29) is 22.3 Å². The van der Waals surface area contributed by atoms with E-state index in [1.165, 1.54) is 12.1 Å². The molecule has 0 unspecified atom stereocenters. The second-order valence-electron chi connectivity index (χ2n) is 7.58. The monoisotopic (exact) mass is 386 g/mol. The van der Waals surface area contributed by atoms with Crippen LogP contribution in [0.15, 0.2) is 12.1 Å². The predicted molar refractivity (Wildman–Crippen MR) is 99.5 cm³/mol. The maximum Gasteiger partial charge on any atom is 0.223 e. The van der Waals surface area contributed by atoms with E-state index in [2.05, 4.69) is 17.6 Å². The standard InChI is InChI=1S/C19H25Cl2FN2O/c1-19(8-2-3-9-19)17(15-14(22)5-4-13(20)16(15)21)24-18(25)12-6-10-23-11-7-12/h4-5,12,17,23H,2-3,6-11H2,1H3,(H,24,25)/t17-/m1/s1. The van der Waals surface area contributed by atoms with Crippen molar-refractivity contribution < 1.29 is 9.18 Å². The molecule has 0 radical (unpaired) electrons. The first-order valence-electron chi connectivity index (χ1n) is 9.07. The molecule has 1 aliphatic heterocycles. The average molecular weight is 387 g/mol. The number of amides is 1. The number of hydrogen-bond donors (Lipinski definition) is 2. The molecule has 2 aliphatic rings. The van der Waals surface area contributed by atoms with Gasteiger partial charge in [0.15, 0.2) is 0 Å². The first-order valence-corrected chi connectivity index (χ1v) is 9.82. The normalized spacial score (nSPS) is 21.9. The second-order valence-corrected chi connectivity index (χ2v) is 8.37. The molecule has 138 valence electrons. The lowest BCUT2D eigenvalue weighted by molar-refractivity contribution is -0.127. The number of benzene rings is 1. The molecule has 3 rings (SSSR count). The van der Waals surface area contributed by atoms with E-state index in [9.17, 15) is 9.18 Å². The van der Waals surface area contributed by atoms with Crippen molar-refractivity contribution in [2.75, 3.05) is 13.1 Å². The van der Waals surface area contributed by atoms with Gasteiger partial charge >= 0.3 is 0 Å². The Kier molecular flexibility index (Phi) is 5.92. The van der Waals surface area contributed by atoms with Crippen LogP contribution >= 0.6 is 23.2 Å². The van der Waals surface area contributed by atoms with Gasteiger partial charge in [-0.2, -0.15) is 0 Å². The molecule has 1 aromatic carbocycles. The Bertz CT molecular complexity index is 641. The molecule has 1 saturated heterocycles. The lowest BCUT2D eigenvalue weighted by Crippen LogP contribution is -2.44. The molecule has 1 aliphatic carbocycles. The molecule has 0 aromatic heterocycles. The summed E-state index contributed by atoms with van der Waals surface area (Å²) in [7, 11) is 0. The maximum absolute atomic E-state index is 14.7. The second kappa shape index (κ2) is 7.81. The number of hydrogen-bond acceptors (Lipinski definition) is 2. The van der Waals surface area contributed by atoms with Crippen molar-refractivity contribution in [2.45, 2.75) is 51.5 Å². The highest BCUT2D eigenvalue weighted by molar-refractivity contribution is 6.42. The van der Waals surface area contributed by atoms with E-state index in [0.717, 1.165) is 51.6 Å². The van der Waals surface area contributed by atoms with Crippen molar-refractivity contribution in [3.05, 3.63) is 33.6 Å². The summed E-state index contributed by atoms with van der Waals surface area (Å²) in [5.74, 6) is -0.442. The SMILES string of the molecule is CC1([C@H](NC(=O)C2CCNCC2)c2c(F)ccc(Cl)c2Cl)CCCC1. The van der Waals surface area contributed by atoms with Crippen molar-refractivity contribution in [3.63, 3.8) is 0 Å². The fourth-order valence-electron chi connectivity index (χ4n) is 4.22. The summed E-state index contributed by atoms with van der Waals surface area (Å²) in [6.45, 7) is 3.79. The van der Waals surface area contributed by atoms with Crippen LogP contribution in [0, 0.1) is 17.2 Å². The van der Waals surface area contributed by atoms with Gasteiger partial charge in [0.1, 0.15) is 5.82 Å². The van der Waals surface area contributed by atoms with Gasteiger partial charge in [-0.3, -0.25) is 4.79 Å². The molecule has 1 heterocycles. The van der Waals surface area contributed by atoms with Crippen LogP contribution in [0.4, 0.5) is 4.39 Å². The Hall–Kier alpha value is -0.840. The summed E-state index contributed by atoms with van der Waals surface area (Å²) in [6.07, 6.45) is 5.65. The summed E-state index contributed by atoms with van der Waals surface area (Å²) < 4.78 is 14.7. The summed E-state index contributed by atoms with van der Waals surface area (Å²) in [6, 6.07) is 2.35. The van der Waals surface area contributed by atoms with Crippen molar-refractivity contribution in [1.82, 2.24) is 10.6 Å². The van der Waals surface area contributed by atoms with E-state index >= 15 is 0 Å². The third-order valence-corrected chi connectivity index (χ3v) is 6.63. The topological polar surface area (TPSA) is 41.1 Å². The van der Waals surface area contributed by atoms with E-state index in [4.69, 9.17) is 23.2 Å². The highest BCUT2D eigenvalue weighted by Gasteiger charge is 2.42. The Morgan fingerprint density at radius 2 is 1.92 bits per heavy atom. The molecular formula is C19H25Cl2FN2O. The molecule has 2 fully saturated rings. The number of carbonyl (C=O) groups excluding carboxylic acids is 1. The number of piperidine rings is 1. The average Bonchev–Trinajstić information content (AvgIpc) is 3.06. The molecule has 6 heteroatoms. The number of halogens is 3. The first kappa shape index (κ1) is 18.9. The first-order chi connectivity index (χ1) is 11.9. The Labute approximate surface area is 158 Å². The van der Waals surface area contributed by atoms with Gasteiger partial charge in [-0.25, -0.2) is 4.39 Å². The van der Waals surface area contributed by atoms with Gasteiger partial charge in [-0.15, -0.1) is 0 Å². The number of nitrogens with one attached hydrogen (secondary N) is 2. The third-order valence-electron chi connectivity index (χ3n) is 5.81. The minimum Gasteiger partial charge on any atom is -0.348 e. The van der Waals surface area contributed by atoms with E-state index in [1.807, 2.05) is 0 Å². The molecular weight excluding hydrogens is 362 g/mol. The van der Waals surface area contributed by atoms with Crippen molar-refractivity contribution >= 4 is 29.1 Å². The van der Waals surface area contributed by atoms with Crippen molar-refractivity contribution in [1.29, 1.82) is 0 Å². The Morgan fingerprint density at radius 1 is 1.28 bits per heavy atom. The largest absolute Gasteiger partial charge is 0.348 e. The number of rotatable bonds is 4. The molecule has 25 heavy (non-hydrogen) atoms. The van der Waals surface area contributed by atoms with Crippen molar-refractivity contribution in [2.24, 2.45) is 11.3 Å². The van der Waals surface area contributed by atoms with Crippen LogP contribution in [0.2, 0.25) is 10.0 Å². The lowest BCUT2D eigenvalue weighted by Gasteiger charge is -2.37. The molecule has 1 amide bonds. The molecule has 1 aromatic rings. The molecule has 1 atom stereocenters. The van der Waals surface area contributed by atoms with Gasteiger partial charge in [-0.05, 0) is 56.3 Å². The third kappa shape index (κ3) is 3.96. The highest BCUT2D eigenvalue weighted by atomic mass is 35.5. The van der Waals surface area contributed by atoms with Crippen LogP contribution in [-0.2, 0) is 4.79 Å². The maximum atomic E-state index is 14.7. The molecule has 2 N–H and O–H groups in total. The summed E-state index contributed by atoms with van der Waals surface area (Å²) in [5, 5.41) is 6.94. The zero-order valence-corrected chi connectivity index (χ0v) is 16.0. The van der Waals surface area contributed by atoms with Crippen LogP contribution in [0.3, 0.4) is 0 Å². The zero-order valence-electron chi connectivity index (χ0n) is 14.5.